The van der Waals surface area contributed by atoms with Crippen LogP contribution in [0.4, 0.5) is 22.7 Å². The Bertz CT molecular complexity index is 1160. The first-order chi connectivity index (χ1) is 19.3. The highest BCUT2D eigenvalue weighted by molar-refractivity contribution is 9.10. The van der Waals surface area contributed by atoms with Crippen LogP contribution in [-0.2, 0) is 31.8 Å². The van der Waals surface area contributed by atoms with Crippen LogP contribution in [0, 0.1) is 13.1 Å². The van der Waals surface area contributed by atoms with Crippen LogP contribution in [0.1, 0.15) is 11.1 Å². The van der Waals surface area contributed by atoms with E-state index in [-0.39, 0.29) is 0 Å². The molecule has 0 amide bonds. The molecule has 41 heavy (non-hydrogen) atoms. The second-order valence-corrected chi connectivity index (χ2v) is 24.2. The van der Waals surface area contributed by atoms with Gasteiger partial charge in [0.05, 0.1) is 26.4 Å². The van der Waals surface area contributed by atoms with E-state index in [2.05, 4.69) is 64.9 Å². The number of ether oxygens (including phenoxy) is 4. The van der Waals surface area contributed by atoms with Gasteiger partial charge in [0.25, 0.3) is 0 Å². The van der Waals surface area contributed by atoms with E-state index in [9.17, 15) is 0 Å². The predicted molar refractivity (Wildman–Crippen MR) is 179 cm³/mol. The smallest absolute Gasteiger partial charge is 0.188 e. The molecule has 0 saturated carbocycles. The molecule has 0 saturated heterocycles. The zero-order chi connectivity index (χ0) is 30.9. The Morgan fingerprint density at radius 2 is 1.15 bits per heavy atom. The molecular weight excluding hydrogens is 616 g/mol. The lowest BCUT2D eigenvalue weighted by Gasteiger charge is -2.15. The third-order valence-corrected chi connectivity index (χ3v) is 10.0. The molecular formula is C30H47BrN4O4Si2. The average molecular weight is 664 g/mol. The summed E-state index contributed by atoms with van der Waals surface area (Å²) < 4.78 is 22.6. The van der Waals surface area contributed by atoms with E-state index in [1.165, 1.54) is 0 Å². The standard InChI is InChI=1S/C15H23BrN2O2Si.C15H24N2O2Si/c1-18-13-9-12(15(17)14(16)10-13)5-6-19-11-20-7-8-21(2,3)4;1-17-14-5-6-15(16)13(11-14)7-8-18-12-19-9-10-20(2,3)4/h9-10H,5-8,11,17H2,2-4H3;5-6,11H,7-10,12,16H2,2-4H3. The molecule has 11 heteroatoms. The zero-order valence-corrected chi connectivity index (χ0v) is 29.1. The van der Waals surface area contributed by atoms with E-state index in [0.717, 1.165) is 40.9 Å². The van der Waals surface area contributed by atoms with Crippen LogP contribution >= 0.6 is 15.9 Å². The number of nitrogens with two attached hydrogens (primary N) is 2. The Kier molecular flexibility index (Phi) is 17.1. The molecule has 226 valence electrons. The summed E-state index contributed by atoms with van der Waals surface area (Å²) in [5.74, 6) is 0. The van der Waals surface area contributed by atoms with E-state index in [0.29, 0.717) is 62.4 Å². The van der Waals surface area contributed by atoms with Crippen molar-refractivity contribution in [3.8, 4) is 0 Å². The van der Waals surface area contributed by atoms with E-state index < -0.39 is 16.1 Å². The summed E-state index contributed by atoms with van der Waals surface area (Å²) in [6.45, 7) is 31.2. The number of hydrogen-bond acceptors (Lipinski definition) is 6. The Labute approximate surface area is 257 Å². The van der Waals surface area contributed by atoms with Crippen molar-refractivity contribution >= 4 is 54.8 Å². The molecule has 2 aromatic carbocycles. The SMILES string of the molecule is [C-]#[N+]c1cc(Br)c(N)c(CCOCOCC[Si](C)(C)C)c1.[C-]#[N+]c1ccc(N)c(CCOCOCC[Si](C)(C)C)c1. The van der Waals surface area contributed by atoms with Gasteiger partial charge in [-0.05, 0) is 64.1 Å². The van der Waals surface area contributed by atoms with Crippen molar-refractivity contribution in [1.82, 2.24) is 0 Å². The summed E-state index contributed by atoms with van der Waals surface area (Å²) in [5, 5.41) is 0. The van der Waals surface area contributed by atoms with Crippen LogP contribution in [0.25, 0.3) is 9.69 Å². The number of anilines is 2. The predicted octanol–water partition coefficient (Wildman–Crippen LogP) is 8.14. The van der Waals surface area contributed by atoms with Crippen molar-refractivity contribution < 1.29 is 18.9 Å². The Morgan fingerprint density at radius 3 is 1.63 bits per heavy atom. The monoisotopic (exact) mass is 662 g/mol. The van der Waals surface area contributed by atoms with Crippen molar-refractivity contribution in [2.24, 2.45) is 0 Å². The van der Waals surface area contributed by atoms with Crippen LogP contribution in [0.3, 0.4) is 0 Å². The van der Waals surface area contributed by atoms with Gasteiger partial charge in [-0.25, -0.2) is 9.69 Å². The molecule has 0 bridgehead atoms. The third-order valence-electron chi connectivity index (χ3n) is 5.94. The molecule has 4 N–H and O–H groups in total. The normalized spacial score (nSPS) is 11.3. The first kappa shape index (κ1) is 36.8. The third kappa shape index (κ3) is 17.4. The van der Waals surface area contributed by atoms with Crippen LogP contribution in [-0.4, -0.2) is 56.2 Å². The van der Waals surface area contributed by atoms with Gasteiger partial charge in [0.1, 0.15) is 13.6 Å². The highest BCUT2D eigenvalue weighted by Crippen LogP contribution is 2.30. The number of hydrogen-bond donors (Lipinski definition) is 2. The molecule has 2 aromatic rings. The fourth-order valence-electron chi connectivity index (χ4n) is 3.28. The maximum Gasteiger partial charge on any atom is 0.188 e. The van der Waals surface area contributed by atoms with Gasteiger partial charge in [-0.3, -0.25) is 0 Å². The first-order valence-electron chi connectivity index (χ1n) is 13.8. The lowest BCUT2D eigenvalue weighted by atomic mass is 10.1. The first-order valence-corrected chi connectivity index (χ1v) is 22.0. The second kappa shape index (κ2) is 19.1. The summed E-state index contributed by atoms with van der Waals surface area (Å²) >= 11 is 3.37. The number of rotatable bonds is 16. The van der Waals surface area contributed by atoms with Crippen molar-refractivity contribution in [3.05, 3.63) is 68.8 Å². The Hall–Kier alpha value is -2.23. The van der Waals surface area contributed by atoms with E-state index in [1.54, 1.807) is 18.2 Å². The molecule has 0 radical (unpaired) electrons. The van der Waals surface area contributed by atoms with Crippen LogP contribution in [0.5, 0.6) is 0 Å². The van der Waals surface area contributed by atoms with Crippen LogP contribution in [0.2, 0.25) is 51.4 Å². The van der Waals surface area contributed by atoms with Crippen molar-refractivity contribution in [3.63, 3.8) is 0 Å². The highest BCUT2D eigenvalue weighted by atomic mass is 79.9. The van der Waals surface area contributed by atoms with Crippen LogP contribution in [0.15, 0.2) is 34.8 Å². The minimum absolute atomic E-state index is 0.314. The number of benzene rings is 2. The topological polar surface area (TPSA) is 97.7 Å². The number of nitrogen functional groups attached to an aromatic ring is 2. The van der Waals surface area contributed by atoms with E-state index >= 15 is 0 Å². The van der Waals surface area contributed by atoms with E-state index in [4.69, 9.17) is 43.6 Å². The van der Waals surface area contributed by atoms with Crippen molar-refractivity contribution in [1.29, 1.82) is 0 Å². The second-order valence-electron chi connectivity index (χ2n) is 12.1. The van der Waals surface area contributed by atoms with Gasteiger partial charge < -0.3 is 30.4 Å². The summed E-state index contributed by atoms with van der Waals surface area (Å²) in [6, 6.07) is 11.1. The van der Waals surface area contributed by atoms with Crippen LogP contribution < -0.4 is 11.5 Å². The van der Waals surface area contributed by atoms with Crippen molar-refractivity contribution in [2.45, 2.75) is 64.2 Å². The summed E-state index contributed by atoms with van der Waals surface area (Å²) in [7, 11) is -2.05. The molecule has 0 aromatic heterocycles. The fraction of sp³-hybridized carbons (Fsp3) is 0.533. The van der Waals surface area contributed by atoms with Gasteiger partial charge >= 0.3 is 0 Å². The Morgan fingerprint density at radius 1 is 0.683 bits per heavy atom. The molecule has 0 aliphatic carbocycles. The molecule has 2 rings (SSSR count). The zero-order valence-electron chi connectivity index (χ0n) is 25.5. The van der Waals surface area contributed by atoms with Gasteiger partial charge in [0, 0.05) is 45.2 Å². The molecule has 0 spiro atoms. The van der Waals surface area contributed by atoms with E-state index in [1.807, 2.05) is 12.1 Å². The summed E-state index contributed by atoms with van der Waals surface area (Å²) in [4.78, 5) is 6.82. The maximum absolute atomic E-state index is 7.06. The number of nitrogens with zero attached hydrogens (tertiary/aromatic N) is 2. The fourth-order valence-corrected chi connectivity index (χ4v) is 5.29. The van der Waals surface area contributed by atoms with Gasteiger partial charge in [0.15, 0.2) is 11.4 Å². The molecule has 0 unspecified atom stereocenters. The summed E-state index contributed by atoms with van der Waals surface area (Å²) in [5.41, 5.74) is 16.3. The van der Waals surface area contributed by atoms with Gasteiger partial charge in [-0.1, -0.05) is 57.5 Å². The minimum Gasteiger partial charge on any atom is -0.399 e. The highest BCUT2D eigenvalue weighted by Gasteiger charge is 2.13. The average Bonchev–Trinajstić information content (AvgIpc) is 2.89. The lowest BCUT2D eigenvalue weighted by Crippen LogP contribution is -2.22. The van der Waals surface area contributed by atoms with Gasteiger partial charge in [-0.2, -0.15) is 0 Å². The molecule has 0 aliphatic rings. The molecule has 0 fully saturated rings. The molecule has 0 heterocycles. The quantitative estimate of drug-likeness (QED) is 0.0619. The Balaban J connectivity index is 0.000000410. The summed E-state index contributed by atoms with van der Waals surface area (Å²) in [6.07, 6.45) is 1.37. The minimum atomic E-state index is -1.03. The lowest BCUT2D eigenvalue weighted by molar-refractivity contribution is -0.0485. The van der Waals surface area contributed by atoms with Crippen molar-refractivity contribution in [2.75, 3.05) is 51.5 Å². The van der Waals surface area contributed by atoms with Gasteiger partial charge in [0.2, 0.25) is 0 Å². The number of halogens is 1. The molecule has 0 atom stereocenters. The largest absolute Gasteiger partial charge is 0.399 e. The maximum atomic E-state index is 7.06. The molecule has 8 nitrogen and oxygen atoms in total. The molecule has 0 aliphatic heterocycles. The van der Waals surface area contributed by atoms with Gasteiger partial charge in [-0.15, -0.1) is 0 Å².